The van der Waals surface area contributed by atoms with Crippen LogP contribution in [0, 0.1) is 5.41 Å². The van der Waals surface area contributed by atoms with Gasteiger partial charge in [0.1, 0.15) is 5.69 Å². The second-order valence-corrected chi connectivity index (χ2v) is 4.02. The van der Waals surface area contributed by atoms with Gasteiger partial charge in [-0.05, 0) is 44.8 Å². The first-order valence-corrected chi connectivity index (χ1v) is 5.26. The molecule has 0 saturated carbocycles. The van der Waals surface area contributed by atoms with E-state index in [0.29, 0.717) is 12.3 Å². The highest BCUT2D eigenvalue weighted by Gasteiger charge is 2.08. The van der Waals surface area contributed by atoms with Gasteiger partial charge in [0, 0.05) is 15.1 Å². The quantitative estimate of drug-likeness (QED) is 0.674. The zero-order chi connectivity index (χ0) is 9.84. The number of rotatable bonds is 2. The van der Waals surface area contributed by atoms with Crippen molar-refractivity contribution < 1.29 is 4.74 Å². The van der Waals surface area contributed by atoms with Gasteiger partial charge in [0.2, 0.25) is 5.90 Å². The van der Waals surface area contributed by atoms with E-state index in [1.54, 1.807) is 6.20 Å². The molecule has 70 valence electrons. The van der Waals surface area contributed by atoms with Crippen LogP contribution in [0.1, 0.15) is 12.6 Å². The van der Waals surface area contributed by atoms with Gasteiger partial charge in [-0.3, -0.25) is 5.41 Å². The molecular formula is C8H8Br2N2O. The number of halogens is 2. The Balaban J connectivity index is 2.95. The molecule has 0 saturated heterocycles. The van der Waals surface area contributed by atoms with Crippen LogP contribution in [0.5, 0.6) is 0 Å². The minimum Gasteiger partial charge on any atom is -0.477 e. The fraction of sp³-hybridized carbons (Fsp3) is 0.250. The van der Waals surface area contributed by atoms with Crippen molar-refractivity contribution in [2.24, 2.45) is 0 Å². The van der Waals surface area contributed by atoms with Crippen LogP contribution in [0.2, 0.25) is 0 Å². The van der Waals surface area contributed by atoms with Gasteiger partial charge in [0.05, 0.1) is 6.61 Å². The number of pyridine rings is 1. The molecule has 0 amide bonds. The van der Waals surface area contributed by atoms with E-state index in [1.165, 1.54) is 0 Å². The molecule has 1 rings (SSSR count). The summed E-state index contributed by atoms with van der Waals surface area (Å²) in [7, 11) is 0. The average molecular weight is 308 g/mol. The van der Waals surface area contributed by atoms with E-state index < -0.39 is 0 Å². The molecule has 1 aromatic rings. The van der Waals surface area contributed by atoms with Gasteiger partial charge in [0.25, 0.3) is 0 Å². The number of ether oxygens (including phenoxy) is 1. The van der Waals surface area contributed by atoms with Crippen molar-refractivity contribution in [2.45, 2.75) is 6.92 Å². The molecule has 13 heavy (non-hydrogen) atoms. The number of hydrogen-bond donors (Lipinski definition) is 1. The van der Waals surface area contributed by atoms with E-state index in [2.05, 4.69) is 36.8 Å². The maximum atomic E-state index is 7.51. The van der Waals surface area contributed by atoms with Crippen LogP contribution in [0.3, 0.4) is 0 Å². The second kappa shape index (κ2) is 4.72. The van der Waals surface area contributed by atoms with E-state index in [9.17, 15) is 0 Å². The largest absolute Gasteiger partial charge is 0.477 e. The Labute approximate surface area is 93.3 Å². The molecule has 0 aliphatic carbocycles. The predicted molar refractivity (Wildman–Crippen MR) is 58.1 cm³/mol. The van der Waals surface area contributed by atoms with Gasteiger partial charge in [0.15, 0.2) is 0 Å². The summed E-state index contributed by atoms with van der Waals surface area (Å²) in [5.41, 5.74) is 0.519. The Kier molecular flexibility index (Phi) is 3.87. The zero-order valence-electron chi connectivity index (χ0n) is 6.97. The van der Waals surface area contributed by atoms with Crippen molar-refractivity contribution in [1.82, 2.24) is 4.98 Å². The lowest BCUT2D eigenvalue weighted by atomic mass is 10.3. The monoisotopic (exact) mass is 306 g/mol. The molecule has 0 fully saturated rings. The lowest BCUT2D eigenvalue weighted by Crippen LogP contribution is -2.07. The molecule has 0 aliphatic heterocycles. The molecule has 1 heterocycles. The summed E-state index contributed by atoms with van der Waals surface area (Å²) >= 11 is 6.58. The van der Waals surface area contributed by atoms with Crippen LogP contribution >= 0.6 is 31.9 Å². The highest BCUT2D eigenvalue weighted by atomic mass is 79.9. The number of nitrogens with one attached hydrogen (secondary N) is 1. The summed E-state index contributed by atoms with van der Waals surface area (Å²) in [5.74, 6) is 0.0851. The number of nitrogens with zero attached hydrogens (tertiary/aromatic N) is 1. The SMILES string of the molecule is CCOC(=N)c1ncc(Br)cc1Br. The van der Waals surface area contributed by atoms with Gasteiger partial charge < -0.3 is 4.74 Å². The Morgan fingerprint density at radius 2 is 2.31 bits per heavy atom. The zero-order valence-corrected chi connectivity index (χ0v) is 10.1. The van der Waals surface area contributed by atoms with E-state index in [1.807, 2.05) is 13.0 Å². The number of hydrogen-bond acceptors (Lipinski definition) is 3. The lowest BCUT2D eigenvalue weighted by Gasteiger charge is -2.05. The van der Waals surface area contributed by atoms with E-state index in [-0.39, 0.29) is 5.90 Å². The molecule has 0 spiro atoms. The van der Waals surface area contributed by atoms with Gasteiger partial charge in [-0.25, -0.2) is 4.98 Å². The van der Waals surface area contributed by atoms with Crippen LogP contribution in [-0.4, -0.2) is 17.5 Å². The molecule has 5 heteroatoms. The van der Waals surface area contributed by atoms with E-state index in [0.717, 1.165) is 8.95 Å². The molecule has 0 aliphatic rings. The lowest BCUT2D eigenvalue weighted by molar-refractivity contribution is 0.324. The third-order valence-corrected chi connectivity index (χ3v) is 2.35. The molecule has 0 atom stereocenters. The molecular weight excluding hydrogens is 300 g/mol. The molecule has 0 unspecified atom stereocenters. The Morgan fingerprint density at radius 1 is 1.62 bits per heavy atom. The minimum atomic E-state index is 0.0851. The highest BCUT2D eigenvalue weighted by molar-refractivity contribution is 9.11. The maximum Gasteiger partial charge on any atom is 0.233 e. The normalized spacial score (nSPS) is 9.77. The first-order chi connectivity index (χ1) is 6.15. The molecule has 0 radical (unpaired) electrons. The molecule has 1 aromatic heterocycles. The third-order valence-electron chi connectivity index (χ3n) is 1.31. The average Bonchev–Trinajstić information content (AvgIpc) is 2.04. The molecule has 0 bridgehead atoms. The summed E-state index contributed by atoms with van der Waals surface area (Å²) in [6, 6.07) is 1.83. The van der Waals surface area contributed by atoms with Crippen molar-refractivity contribution in [3.8, 4) is 0 Å². The topological polar surface area (TPSA) is 46.0 Å². The van der Waals surface area contributed by atoms with E-state index in [4.69, 9.17) is 10.1 Å². The summed E-state index contributed by atoms with van der Waals surface area (Å²) in [6.07, 6.45) is 1.63. The van der Waals surface area contributed by atoms with Gasteiger partial charge >= 0.3 is 0 Å². The van der Waals surface area contributed by atoms with Crippen LogP contribution in [0.4, 0.5) is 0 Å². The van der Waals surface area contributed by atoms with Crippen molar-refractivity contribution in [1.29, 1.82) is 5.41 Å². The number of aromatic nitrogens is 1. The van der Waals surface area contributed by atoms with Crippen molar-refractivity contribution in [2.75, 3.05) is 6.61 Å². The van der Waals surface area contributed by atoms with E-state index >= 15 is 0 Å². The van der Waals surface area contributed by atoms with Crippen LogP contribution < -0.4 is 0 Å². The van der Waals surface area contributed by atoms with Crippen molar-refractivity contribution in [3.05, 3.63) is 26.9 Å². The summed E-state index contributed by atoms with van der Waals surface area (Å²) < 4.78 is 6.64. The molecule has 0 aromatic carbocycles. The third kappa shape index (κ3) is 2.77. The standard InChI is InChI=1S/C8H8Br2N2O/c1-2-13-8(11)7-6(10)3-5(9)4-12-7/h3-4,11H,2H2,1H3. The first-order valence-electron chi connectivity index (χ1n) is 3.68. The fourth-order valence-corrected chi connectivity index (χ4v) is 1.96. The molecule has 3 nitrogen and oxygen atoms in total. The van der Waals surface area contributed by atoms with Crippen LogP contribution in [-0.2, 0) is 4.74 Å². The first kappa shape index (κ1) is 10.7. The summed E-state index contributed by atoms with van der Waals surface area (Å²) in [4.78, 5) is 4.05. The smallest absolute Gasteiger partial charge is 0.233 e. The van der Waals surface area contributed by atoms with Crippen molar-refractivity contribution >= 4 is 37.8 Å². The predicted octanol–water partition coefficient (Wildman–Crippen LogP) is 2.97. The van der Waals surface area contributed by atoms with Crippen LogP contribution in [0.15, 0.2) is 21.2 Å². The van der Waals surface area contributed by atoms with Gasteiger partial charge in [-0.15, -0.1) is 0 Å². The Bertz CT molecular complexity index is 328. The highest BCUT2D eigenvalue weighted by Crippen LogP contribution is 2.19. The minimum absolute atomic E-state index is 0.0851. The van der Waals surface area contributed by atoms with Gasteiger partial charge in [-0.1, -0.05) is 0 Å². The fourth-order valence-electron chi connectivity index (χ4n) is 0.794. The van der Waals surface area contributed by atoms with Gasteiger partial charge in [-0.2, -0.15) is 0 Å². The van der Waals surface area contributed by atoms with Crippen LogP contribution in [0.25, 0.3) is 0 Å². The Morgan fingerprint density at radius 3 is 2.85 bits per heavy atom. The molecule has 1 N–H and O–H groups in total. The Hall–Kier alpha value is -0.420. The maximum absolute atomic E-state index is 7.51. The van der Waals surface area contributed by atoms with Crippen molar-refractivity contribution in [3.63, 3.8) is 0 Å². The summed E-state index contributed by atoms with van der Waals surface area (Å²) in [6.45, 7) is 2.31. The summed E-state index contributed by atoms with van der Waals surface area (Å²) in [5, 5.41) is 7.51. The second-order valence-electron chi connectivity index (χ2n) is 2.25.